The second-order valence-electron chi connectivity index (χ2n) is 4.73. The molecular formula is C14H20N6O2S. The molecule has 2 aromatic heterocycles. The highest BCUT2D eigenvalue weighted by molar-refractivity contribution is 7.89. The number of sulfonamides is 1. The lowest BCUT2D eigenvalue weighted by Gasteiger charge is -2.10. The number of aryl methyl sites for hydroxylation is 1. The van der Waals surface area contributed by atoms with Crippen LogP contribution in [0.2, 0.25) is 0 Å². The molecule has 0 bridgehead atoms. The Bertz CT molecular complexity index is 736. The van der Waals surface area contributed by atoms with Crippen molar-refractivity contribution in [3.8, 4) is 0 Å². The van der Waals surface area contributed by atoms with Crippen molar-refractivity contribution in [1.29, 1.82) is 0 Å². The molecule has 2 heterocycles. The van der Waals surface area contributed by atoms with Crippen molar-refractivity contribution in [3.05, 3.63) is 36.4 Å². The van der Waals surface area contributed by atoms with Gasteiger partial charge in [0.05, 0.1) is 0 Å². The van der Waals surface area contributed by atoms with Gasteiger partial charge in [-0.15, -0.1) is 0 Å². The van der Waals surface area contributed by atoms with E-state index >= 15 is 0 Å². The van der Waals surface area contributed by atoms with Gasteiger partial charge in [0.2, 0.25) is 10.0 Å². The molecule has 0 aromatic carbocycles. The van der Waals surface area contributed by atoms with E-state index in [0.29, 0.717) is 18.2 Å². The summed E-state index contributed by atoms with van der Waals surface area (Å²) in [6.45, 7) is 5.19. The topological polar surface area (TPSA) is 109 Å². The molecule has 3 N–H and O–H groups in total. The van der Waals surface area contributed by atoms with E-state index < -0.39 is 10.0 Å². The minimum Gasteiger partial charge on any atom is -0.370 e. The molecule has 0 unspecified atom stereocenters. The summed E-state index contributed by atoms with van der Waals surface area (Å²) < 4.78 is 26.6. The maximum absolute atomic E-state index is 12.0. The van der Waals surface area contributed by atoms with Crippen LogP contribution in [0.5, 0.6) is 0 Å². The Morgan fingerprint density at radius 3 is 2.52 bits per heavy atom. The summed E-state index contributed by atoms with van der Waals surface area (Å²) in [4.78, 5) is 12.5. The Hall–Kier alpha value is -2.26. The van der Waals surface area contributed by atoms with Gasteiger partial charge in [-0.25, -0.2) is 23.1 Å². The van der Waals surface area contributed by atoms with E-state index in [-0.39, 0.29) is 11.4 Å². The van der Waals surface area contributed by atoms with E-state index in [4.69, 9.17) is 0 Å². The van der Waals surface area contributed by atoms with Crippen molar-refractivity contribution < 1.29 is 8.42 Å². The predicted octanol–water partition coefficient (Wildman–Crippen LogP) is 1.00. The van der Waals surface area contributed by atoms with Gasteiger partial charge in [-0.3, -0.25) is 4.98 Å². The van der Waals surface area contributed by atoms with Crippen LogP contribution in [-0.2, 0) is 10.0 Å². The molecule has 2 aromatic rings. The van der Waals surface area contributed by atoms with Crippen LogP contribution in [0.15, 0.2) is 35.5 Å². The number of pyridine rings is 1. The molecule has 0 fully saturated rings. The fourth-order valence-corrected chi connectivity index (χ4v) is 2.89. The van der Waals surface area contributed by atoms with Gasteiger partial charge in [-0.2, -0.15) is 0 Å². The number of nitrogens with zero attached hydrogens (tertiary/aromatic N) is 3. The Morgan fingerprint density at radius 2 is 1.87 bits per heavy atom. The molecule has 0 atom stereocenters. The van der Waals surface area contributed by atoms with Crippen LogP contribution in [0, 0.1) is 6.92 Å². The Morgan fingerprint density at radius 1 is 1.13 bits per heavy atom. The summed E-state index contributed by atoms with van der Waals surface area (Å²) in [5.41, 5.74) is 0. The Kier molecular flexibility index (Phi) is 5.83. The monoisotopic (exact) mass is 336 g/mol. The van der Waals surface area contributed by atoms with E-state index in [9.17, 15) is 8.42 Å². The number of nitrogens with one attached hydrogen (secondary N) is 3. The van der Waals surface area contributed by atoms with Gasteiger partial charge in [-0.1, -0.05) is 0 Å². The van der Waals surface area contributed by atoms with Crippen LogP contribution in [0.25, 0.3) is 0 Å². The maximum Gasteiger partial charge on any atom is 0.242 e. The third-order valence-corrected chi connectivity index (χ3v) is 4.31. The third kappa shape index (κ3) is 5.15. The van der Waals surface area contributed by atoms with Gasteiger partial charge in [0, 0.05) is 38.1 Å². The molecular weight excluding hydrogens is 316 g/mol. The normalized spacial score (nSPS) is 11.2. The number of hydrogen-bond acceptors (Lipinski definition) is 7. The molecule has 0 aliphatic carbocycles. The van der Waals surface area contributed by atoms with E-state index in [2.05, 4.69) is 30.3 Å². The van der Waals surface area contributed by atoms with Gasteiger partial charge in [0.1, 0.15) is 22.4 Å². The van der Waals surface area contributed by atoms with Crippen LogP contribution < -0.4 is 15.4 Å². The van der Waals surface area contributed by atoms with E-state index in [1.54, 1.807) is 19.1 Å². The average Bonchev–Trinajstić information content (AvgIpc) is 2.52. The summed E-state index contributed by atoms with van der Waals surface area (Å²) in [7, 11) is -3.54. The first-order valence-electron chi connectivity index (χ1n) is 7.24. The first-order valence-corrected chi connectivity index (χ1v) is 8.72. The molecule has 0 aliphatic rings. The minimum atomic E-state index is -3.54. The van der Waals surface area contributed by atoms with Gasteiger partial charge in [0.25, 0.3) is 0 Å². The number of anilines is 2. The largest absolute Gasteiger partial charge is 0.370 e. The lowest BCUT2D eigenvalue weighted by Crippen LogP contribution is -2.29. The van der Waals surface area contributed by atoms with E-state index in [1.807, 2.05) is 6.92 Å². The van der Waals surface area contributed by atoms with Gasteiger partial charge < -0.3 is 10.6 Å². The molecule has 0 amide bonds. The summed E-state index contributed by atoms with van der Waals surface area (Å²) in [6, 6.07) is 4.87. The standard InChI is InChI=1S/C14H20N6O2S/c1-3-16-13-9-14(20-11(2)19-13)17-7-8-18-23(21,22)12-5-4-6-15-10-12/h4-6,9-10,18H,3,7-8H2,1-2H3,(H2,16,17,19,20). The molecule has 9 heteroatoms. The molecule has 0 radical (unpaired) electrons. The molecule has 2 rings (SSSR count). The third-order valence-electron chi connectivity index (χ3n) is 2.86. The lowest BCUT2D eigenvalue weighted by molar-refractivity contribution is 0.582. The molecule has 0 saturated carbocycles. The molecule has 0 spiro atoms. The first kappa shape index (κ1) is 17.1. The molecule has 124 valence electrons. The van der Waals surface area contributed by atoms with E-state index in [1.165, 1.54) is 18.5 Å². The average molecular weight is 336 g/mol. The minimum absolute atomic E-state index is 0.146. The highest BCUT2D eigenvalue weighted by Crippen LogP contribution is 2.10. The fraction of sp³-hybridized carbons (Fsp3) is 0.357. The van der Waals surface area contributed by atoms with Crippen LogP contribution in [-0.4, -0.2) is 43.0 Å². The SMILES string of the molecule is CCNc1cc(NCCNS(=O)(=O)c2cccnc2)nc(C)n1. The van der Waals surface area contributed by atoms with Crippen molar-refractivity contribution in [2.24, 2.45) is 0 Å². The summed E-state index contributed by atoms with van der Waals surface area (Å²) in [5, 5.41) is 6.19. The van der Waals surface area contributed by atoms with Crippen LogP contribution >= 0.6 is 0 Å². The predicted molar refractivity (Wildman–Crippen MR) is 88.8 cm³/mol. The van der Waals surface area contributed by atoms with Crippen molar-refractivity contribution in [3.63, 3.8) is 0 Å². The Balaban J connectivity index is 1.88. The van der Waals surface area contributed by atoms with Gasteiger partial charge >= 0.3 is 0 Å². The number of hydrogen-bond donors (Lipinski definition) is 3. The first-order chi connectivity index (χ1) is 11.0. The van der Waals surface area contributed by atoms with Crippen molar-refractivity contribution in [2.45, 2.75) is 18.7 Å². The second-order valence-corrected chi connectivity index (χ2v) is 6.50. The highest BCUT2D eigenvalue weighted by atomic mass is 32.2. The van der Waals surface area contributed by atoms with E-state index in [0.717, 1.165) is 12.4 Å². The lowest BCUT2D eigenvalue weighted by atomic mass is 10.4. The van der Waals surface area contributed by atoms with Crippen molar-refractivity contribution in [2.75, 3.05) is 30.3 Å². The zero-order valence-electron chi connectivity index (χ0n) is 13.1. The van der Waals surface area contributed by atoms with Crippen molar-refractivity contribution in [1.82, 2.24) is 19.7 Å². The summed E-state index contributed by atoms with van der Waals surface area (Å²) in [6.07, 6.45) is 2.84. The number of rotatable bonds is 8. The summed E-state index contributed by atoms with van der Waals surface area (Å²) >= 11 is 0. The second kappa shape index (κ2) is 7.84. The van der Waals surface area contributed by atoms with Crippen LogP contribution in [0.1, 0.15) is 12.7 Å². The van der Waals surface area contributed by atoms with Crippen molar-refractivity contribution >= 4 is 21.7 Å². The van der Waals surface area contributed by atoms with Gasteiger partial charge in [0.15, 0.2) is 0 Å². The maximum atomic E-state index is 12.0. The number of aromatic nitrogens is 3. The summed E-state index contributed by atoms with van der Waals surface area (Å²) in [5.74, 6) is 2.02. The smallest absolute Gasteiger partial charge is 0.242 e. The quantitative estimate of drug-likeness (QED) is 0.617. The Labute approximate surface area is 135 Å². The fourth-order valence-electron chi connectivity index (χ4n) is 1.90. The zero-order valence-corrected chi connectivity index (χ0v) is 13.9. The molecule has 0 aliphatic heterocycles. The molecule has 23 heavy (non-hydrogen) atoms. The van der Waals surface area contributed by atoms with Crippen LogP contribution in [0.4, 0.5) is 11.6 Å². The van der Waals surface area contributed by atoms with Gasteiger partial charge in [-0.05, 0) is 26.0 Å². The van der Waals surface area contributed by atoms with Crippen LogP contribution in [0.3, 0.4) is 0 Å². The zero-order chi connectivity index (χ0) is 16.7. The molecule has 8 nitrogen and oxygen atoms in total. The molecule has 0 saturated heterocycles. The highest BCUT2D eigenvalue weighted by Gasteiger charge is 2.12.